The number of hydrogen-bond donors (Lipinski definition) is 3. The molecule has 0 aliphatic heterocycles. The number of amides is 1. The lowest BCUT2D eigenvalue weighted by Crippen LogP contribution is -2.29. The van der Waals surface area contributed by atoms with Crippen LogP contribution in [0.3, 0.4) is 0 Å². The second kappa shape index (κ2) is 6.81. The van der Waals surface area contributed by atoms with Crippen molar-refractivity contribution in [1.29, 1.82) is 0 Å². The Morgan fingerprint density at radius 1 is 1.59 bits per heavy atom. The lowest BCUT2D eigenvalue weighted by Gasteiger charge is -2.03. The highest BCUT2D eigenvalue weighted by atomic mass is 32.1. The molecule has 0 aliphatic carbocycles. The van der Waals surface area contributed by atoms with Crippen LogP contribution in [0, 0.1) is 0 Å². The molecule has 0 atom stereocenters. The van der Waals surface area contributed by atoms with Gasteiger partial charge in [-0.1, -0.05) is 0 Å². The first kappa shape index (κ1) is 13.4. The zero-order chi connectivity index (χ0) is 12.7. The van der Waals surface area contributed by atoms with Gasteiger partial charge in [0.2, 0.25) is 5.91 Å². The first-order valence-corrected chi connectivity index (χ1v) is 5.72. The van der Waals surface area contributed by atoms with E-state index in [1.54, 1.807) is 5.38 Å². The summed E-state index contributed by atoms with van der Waals surface area (Å²) < 4.78 is 4.75. The van der Waals surface area contributed by atoms with Crippen LogP contribution < -0.4 is 11.1 Å². The van der Waals surface area contributed by atoms with Gasteiger partial charge >= 0.3 is 5.97 Å². The van der Waals surface area contributed by atoms with Crippen molar-refractivity contribution in [2.24, 2.45) is 0 Å². The van der Waals surface area contributed by atoms with Crippen LogP contribution in [-0.4, -0.2) is 41.7 Å². The van der Waals surface area contributed by atoms with Gasteiger partial charge in [0.1, 0.15) is 6.61 Å². The number of carboxylic acid groups (broad SMARTS) is 1. The zero-order valence-electron chi connectivity index (χ0n) is 9.01. The predicted octanol–water partition coefficient (Wildman–Crippen LogP) is -0.515. The third kappa shape index (κ3) is 5.83. The van der Waals surface area contributed by atoms with E-state index < -0.39 is 5.97 Å². The van der Waals surface area contributed by atoms with E-state index in [2.05, 4.69) is 10.3 Å². The summed E-state index contributed by atoms with van der Waals surface area (Å²) in [6, 6.07) is 0. The Hall–Kier alpha value is -1.67. The fourth-order valence-electron chi connectivity index (χ4n) is 1.05. The smallest absolute Gasteiger partial charge is 0.329 e. The number of nitrogens with zero attached hydrogens (tertiary/aromatic N) is 1. The minimum Gasteiger partial charge on any atom is -0.480 e. The largest absolute Gasteiger partial charge is 0.480 e. The van der Waals surface area contributed by atoms with Gasteiger partial charge in [0, 0.05) is 11.9 Å². The molecule has 1 heterocycles. The predicted molar refractivity (Wildman–Crippen MR) is 61.7 cm³/mol. The van der Waals surface area contributed by atoms with Crippen molar-refractivity contribution < 1.29 is 19.4 Å². The fourth-order valence-corrected chi connectivity index (χ4v) is 1.62. The molecule has 1 aromatic heterocycles. The number of anilines is 1. The number of thiazole rings is 1. The molecular formula is C9H13N3O4S. The molecule has 0 unspecified atom stereocenters. The van der Waals surface area contributed by atoms with E-state index in [9.17, 15) is 9.59 Å². The number of ether oxygens (including phenoxy) is 1. The van der Waals surface area contributed by atoms with Crippen molar-refractivity contribution >= 4 is 28.3 Å². The van der Waals surface area contributed by atoms with Gasteiger partial charge in [0.05, 0.1) is 18.7 Å². The number of carboxylic acids is 1. The topological polar surface area (TPSA) is 115 Å². The molecule has 1 aromatic rings. The first-order chi connectivity index (χ1) is 8.08. The minimum atomic E-state index is -1.03. The standard InChI is InChI=1S/C9H13N3O4S/c10-9-12-6(5-17-9)3-7(13)11-1-2-16-4-8(14)15/h5H,1-4H2,(H2,10,12)(H,11,13)(H,14,15). The molecule has 0 aliphatic rings. The van der Waals surface area contributed by atoms with Crippen LogP contribution in [0.25, 0.3) is 0 Å². The molecule has 1 rings (SSSR count). The molecular weight excluding hydrogens is 246 g/mol. The normalized spacial score (nSPS) is 10.1. The summed E-state index contributed by atoms with van der Waals surface area (Å²) in [5.41, 5.74) is 6.04. The molecule has 1 amide bonds. The van der Waals surface area contributed by atoms with Crippen LogP contribution in [0.1, 0.15) is 5.69 Å². The van der Waals surface area contributed by atoms with Crippen molar-refractivity contribution in [3.8, 4) is 0 Å². The molecule has 0 bridgehead atoms. The molecule has 0 saturated heterocycles. The molecule has 0 spiro atoms. The SMILES string of the molecule is Nc1nc(CC(=O)NCCOCC(=O)O)cs1. The third-order valence-electron chi connectivity index (χ3n) is 1.71. The average molecular weight is 259 g/mol. The van der Waals surface area contributed by atoms with E-state index in [4.69, 9.17) is 15.6 Å². The van der Waals surface area contributed by atoms with Crippen molar-refractivity contribution in [3.63, 3.8) is 0 Å². The number of carbonyl (C=O) groups is 2. The van der Waals surface area contributed by atoms with Crippen LogP contribution in [0.15, 0.2) is 5.38 Å². The zero-order valence-corrected chi connectivity index (χ0v) is 9.83. The number of hydrogen-bond acceptors (Lipinski definition) is 6. The molecule has 8 heteroatoms. The van der Waals surface area contributed by atoms with Gasteiger partial charge in [-0.3, -0.25) is 4.79 Å². The number of rotatable bonds is 7. The van der Waals surface area contributed by atoms with Gasteiger partial charge in [-0.25, -0.2) is 9.78 Å². The number of aromatic nitrogens is 1. The molecule has 0 aromatic carbocycles. The summed E-state index contributed by atoms with van der Waals surface area (Å²) in [5.74, 6) is -1.23. The number of carbonyl (C=O) groups excluding carboxylic acids is 1. The molecule has 0 fully saturated rings. The van der Waals surface area contributed by atoms with Crippen LogP contribution in [0.2, 0.25) is 0 Å². The van der Waals surface area contributed by atoms with E-state index in [0.717, 1.165) is 0 Å². The lowest BCUT2D eigenvalue weighted by atomic mass is 10.3. The van der Waals surface area contributed by atoms with E-state index in [1.807, 2.05) is 0 Å². The van der Waals surface area contributed by atoms with Crippen molar-refractivity contribution in [2.75, 3.05) is 25.5 Å². The fraction of sp³-hybridized carbons (Fsp3) is 0.444. The van der Waals surface area contributed by atoms with Gasteiger partial charge in [0.15, 0.2) is 5.13 Å². The highest BCUT2D eigenvalue weighted by molar-refractivity contribution is 7.13. The molecule has 7 nitrogen and oxygen atoms in total. The number of nitrogens with two attached hydrogens (primary N) is 1. The Balaban J connectivity index is 2.11. The van der Waals surface area contributed by atoms with E-state index in [0.29, 0.717) is 10.8 Å². The third-order valence-corrected chi connectivity index (χ3v) is 2.43. The lowest BCUT2D eigenvalue weighted by molar-refractivity contribution is -0.142. The van der Waals surface area contributed by atoms with Crippen molar-refractivity contribution in [1.82, 2.24) is 10.3 Å². The average Bonchev–Trinajstić information content (AvgIpc) is 2.63. The van der Waals surface area contributed by atoms with E-state index >= 15 is 0 Å². The van der Waals surface area contributed by atoms with Crippen LogP contribution in [0.5, 0.6) is 0 Å². The number of aliphatic carboxylic acids is 1. The molecule has 17 heavy (non-hydrogen) atoms. The van der Waals surface area contributed by atoms with Crippen LogP contribution in [-0.2, 0) is 20.7 Å². The first-order valence-electron chi connectivity index (χ1n) is 4.84. The second-order valence-corrected chi connectivity index (χ2v) is 4.04. The highest BCUT2D eigenvalue weighted by Crippen LogP contribution is 2.10. The Morgan fingerprint density at radius 2 is 2.35 bits per heavy atom. The summed E-state index contributed by atoms with van der Waals surface area (Å²) in [6.45, 7) is 0.0709. The van der Waals surface area contributed by atoms with Gasteiger partial charge in [0.25, 0.3) is 0 Å². The summed E-state index contributed by atoms with van der Waals surface area (Å²) in [6.07, 6.45) is 0.159. The Labute approximate surface area is 102 Å². The van der Waals surface area contributed by atoms with Crippen molar-refractivity contribution in [3.05, 3.63) is 11.1 Å². The number of nitrogens with one attached hydrogen (secondary N) is 1. The maximum atomic E-state index is 11.4. The monoisotopic (exact) mass is 259 g/mol. The molecule has 94 valence electrons. The maximum absolute atomic E-state index is 11.4. The Kier molecular flexibility index (Phi) is 5.37. The van der Waals surface area contributed by atoms with Crippen LogP contribution >= 0.6 is 11.3 Å². The Bertz CT molecular complexity index is 393. The van der Waals surface area contributed by atoms with Gasteiger partial charge in [-0.2, -0.15) is 0 Å². The quantitative estimate of drug-likeness (QED) is 0.568. The van der Waals surface area contributed by atoms with Gasteiger partial charge in [-0.05, 0) is 0 Å². The molecule has 0 radical (unpaired) electrons. The van der Waals surface area contributed by atoms with E-state index in [1.165, 1.54) is 11.3 Å². The highest BCUT2D eigenvalue weighted by Gasteiger charge is 2.06. The summed E-state index contributed by atoms with van der Waals surface area (Å²) in [7, 11) is 0. The molecule has 0 saturated carbocycles. The summed E-state index contributed by atoms with van der Waals surface area (Å²) in [5, 5.41) is 13.0. The second-order valence-electron chi connectivity index (χ2n) is 3.15. The Morgan fingerprint density at radius 3 is 2.94 bits per heavy atom. The van der Waals surface area contributed by atoms with Gasteiger partial charge < -0.3 is 20.9 Å². The minimum absolute atomic E-state index is 0.159. The summed E-state index contributed by atoms with van der Waals surface area (Å²) >= 11 is 1.28. The van der Waals surface area contributed by atoms with Crippen molar-refractivity contribution in [2.45, 2.75) is 6.42 Å². The summed E-state index contributed by atoms with van der Waals surface area (Å²) in [4.78, 5) is 25.4. The van der Waals surface area contributed by atoms with E-state index in [-0.39, 0.29) is 32.1 Å². The molecule has 4 N–H and O–H groups in total. The van der Waals surface area contributed by atoms with Crippen LogP contribution in [0.4, 0.5) is 5.13 Å². The number of nitrogen functional groups attached to an aromatic ring is 1. The van der Waals surface area contributed by atoms with Gasteiger partial charge in [-0.15, -0.1) is 11.3 Å². The maximum Gasteiger partial charge on any atom is 0.329 e.